The number of hydrogen-bond donors (Lipinski definition) is 2. The summed E-state index contributed by atoms with van der Waals surface area (Å²) >= 11 is 0. The molecular weight excluding hydrogens is 350 g/mol. The average molecular weight is 371 g/mol. The molecule has 0 aliphatic rings. The van der Waals surface area contributed by atoms with Crippen LogP contribution in [0.25, 0.3) is 0 Å². The third-order valence-electron chi connectivity index (χ3n) is 3.55. The van der Waals surface area contributed by atoms with Gasteiger partial charge >= 0.3 is 0 Å². The molecule has 27 heavy (non-hydrogen) atoms. The summed E-state index contributed by atoms with van der Waals surface area (Å²) in [6.45, 7) is -0.220. The maximum absolute atomic E-state index is 12.1. The Labute approximate surface area is 157 Å². The summed E-state index contributed by atoms with van der Waals surface area (Å²) in [6.07, 6.45) is 1.48. The SMILES string of the molecule is COc1cccc(C=NNC(=O)CNC(=O)c2ccc(OC)c(OC)c2)c1. The summed E-state index contributed by atoms with van der Waals surface area (Å²) in [4.78, 5) is 23.9. The van der Waals surface area contributed by atoms with E-state index < -0.39 is 11.8 Å². The Morgan fingerprint density at radius 1 is 1.00 bits per heavy atom. The van der Waals surface area contributed by atoms with E-state index in [0.717, 1.165) is 5.56 Å². The molecule has 2 amide bonds. The number of benzene rings is 2. The van der Waals surface area contributed by atoms with Gasteiger partial charge in [-0.2, -0.15) is 5.10 Å². The number of nitrogens with zero attached hydrogens (tertiary/aromatic N) is 1. The first-order valence-corrected chi connectivity index (χ1v) is 8.03. The van der Waals surface area contributed by atoms with E-state index in [-0.39, 0.29) is 6.54 Å². The van der Waals surface area contributed by atoms with Crippen molar-refractivity contribution in [2.75, 3.05) is 27.9 Å². The van der Waals surface area contributed by atoms with Gasteiger partial charge in [-0.1, -0.05) is 12.1 Å². The minimum Gasteiger partial charge on any atom is -0.497 e. The van der Waals surface area contributed by atoms with Crippen LogP contribution in [0.5, 0.6) is 17.2 Å². The Morgan fingerprint density at radius 3 is 2.48 bits per heavy atom. The molecule has 0 aromatic heterocycles. The molecule has 0 atom stereocenters. The fourth-order valence-corrected chi connectivity index (χ4v) is 2.18. The predicted molar refractivity (Wildman–Crippen MR) is 101 cm³/mol. The van der Waals surface area contributed by atoms with E-state index in [9.17, 15) is 9.59 Å². The zero-order valence-corrected chi connectivity index (χ0v) is 15.3. The Balaban J connectivity index is 1.86. The van der Waals surface area contributed by atoms with Crippen LogP contribution in [0.2, 0.25) is 0 Å². The van der Waals surface area contributed by atoms with Crippen LogP contribution in [0, 0.1) is 0 Å². The highest BCUT2D eigenvalue weighted by Crippen LogP contribution is 2.27. The lowest BCUT2D eigenvalue weighted by Gasteiger charge is -2.09. The quantitative estimate of drug-likeness (QED) is 0.542. The van der Waals surface area contributed by atoms with Crippen molar-refractivity contribution < 1.29 is 23.8 Å². The Hall–Kier alpha value is -3.55. The summed E-state index contributed by atoms with van der Waals surface area (Å²) in [5.41, 5.74) is 3.46. The van der Waals surface area contributed by atoms with Crippen LogP contribution >= 0.6 is 0 Å². The Morgan fingerprint density at radius 2 is 1.78 bits per heavy atom. The van der Waals surface area contributed by atoms with Gasteiger partial charge in [0.1, 0.15) is 5.75 Å². The van der Waals surface area contributed by atoms with Crippen LogP contribution in [0.3, 0.4) is 0 Å². The van der Waals surface area contributed by atoms with Crippen LogP contribution in [0.15, 0.2) is 47.6 Å². The van der Waals surface area contributed by atoms with Crippen LogP contribution in [-0.4, -0.2) is 45.9 Å². The molecule has 2 aromatic carbocycles. The molecule has 0 spiro atoms. The average Bonchev–Trinajstić information content (AvgIpc) is 2.71. The van der Waals surface area contributed by atoms with Gasteiger partial charge in [-0.05, 0) is 35.9 Å². The summed E-state index contributed by atoms with van der Waals surface area (Å²) in [6, 6.07) is 11.9. The molecule has 0 saturated heterocycles. The first-order chi connectivity index (χ1) is 13.1. The first kappa shape index (κ1) is 19.8. The van der Waals surface area contributed by atoms with Crippen molar-refractivity contribution in [1.29, 1.82) is 0 Å². The first-order valence-electron chi connectivity index (χ1n) is 8.03. The van der Waals surface area contributed by atoms with Gasteiger partial charge in [0.25, 0.3) is 11.8 Å². The highest BCUT2D eigenvalue weighted by molar-refractivity contribution is 5.97. The summed E-state index contributed by atoms with van der Waals surface area (Å²) in [5, 5.41) is 6.36. The van der Waals surface area contributed by atoms with E-state index in [2.05, 4.69) is 15.8 Å². The molecule has 0 aliphatic heterocycles. The van der Waals surface area contributed by atoms with Gasteiger partial charge in [0.05, 0.1) is 34.1 Å². The topological polar surface area (TPSA) is 98.2 Å². The Kier molecular flexibility index (Phi) is 7.18. The minimum absolute atomic E-state index is 0.220. The number of amides is 2. The molecule has 2 N–H and O–H groups in total. The second kappa shape index (κ2) is 9.81. The number of hydrogen-bond acceptors (Lipinski definition) is 6. The third-order valence-corrected chi connectivity index (χ3v) is 3.55. The molecule has 0 heterocycles. The van der Waals surface area contributed by atoms with Crippen LogP contribution < -0.4 is 25.0 Å². The summed E-state index contributed by atoms with van der Waals surface area (Å²) in [7, 11) is 4.56. The van der Waals surface area contributed by atoms with Gasteiger partial charge in [-0.15, -0.1) is 0 Å². The molecule has 8 nitrogen and oxygen atoms in total. The molecule has 2 aromatic rings. The van der Waals surface area contributed by atoms with Gasteiger partial charge < -0.3 is 19.5 Å². The zero-order chi connectivity index (χ0) is 19.6. The second-order valence-electron chi connectivity index (χ2n) is 5.32. The highest BCUT2D eigenvalue weighted by atomic mass is 16.5. The monoisotopic (exact) mass is 371 g/mol. The van der Waals surface area contributed by atoms with E-state index in [4.69, 9.17) is 14.2 Å². The number of carbonyl (C=O) groups is 2. The number of methoxy groups -OCH3 is 3. The largest absolute Gasteiger partial charge is 0.497 e. The van der Waals surface area contributed by atoms with E-state index in [1.54, 1.807) is 31.4 Å². The molecule has 0 bridgehead atoms. The molecule has 2 rings (SSSR count). The fraction of sp³-hybridized carbons (Fsp3) is 0.211. The fourth-order valence-electron chi connectivity index (χ4n) is 2.18. The van der Waals surface area contributed by atoms with Gasteiger partial charge in [0.2, 0.25) is 0 Å². The van der Waals surface area contributed by atoms with Crippen molar-refractivity contribution in [2.24, 2.45) is 5.10 Å². The molecular formula is C19H21N3O5. The van der Waals surface area contributed by atoms with E-state index in [1.807, 2.05) is 12.1 Å². The molecule has 0 aliphatic carbocycles. The number of rotatable bonds is 8. The van der Waals surface area contributed by atoms with Crippen LogP contribution in [0.4, 0.5) is 0 Å². The molecule has 0 saturated carbocycles. The lowest BCUT2D eigenvalue weighted by atomic mass is 10.2. The normalized spacial score (nSPS) is 10.3. The van der Waals surface area contributed by atoms with Crippen LogP contribution in [0.1, 0.15) is 15.9 Å². The molecule has 0 radical (unpaired) electrons. The van der Waals surface area contributed by atoms with Crippen LogP contribution in [-0.2, 0) is 4.79 Å². The lowest BCUT2D eigenvalue weighted by Crippen LogP contribution is -2.34. The van der Waals surface area contributed by atoms with E-state index in [0.29, 0.717) is 22.8 Å². The van der Waals surface area contributed by atoms with Gasteiger partial charge in [0.15, 0.2) is 11.5 Å². The lowest BCUT2D eigenvalue weighted by molar-refractivity contribution is -0.120. The van der Waals surface area contributed by atoms with Crippen molar-refractivity contribution >= 4 is 18.0 Å². The maximum atomic E-state index is 12.1. The standard InChI is InChI=1S/C19H21N3O5/c1-25-15-6-4-5-13(9-15)11-21-22-18(23)12-20-19(24)14-7-8-16(26-2)17(10-14)27-3/h4-11H,12H2,1-3H3,(H,20,24)(H,22,23). The second-order valence-corrected chi connectivity index (χ2v) is 5.32. The van der Waals surface area contributed by atoms with Gasteiger partial charge in [0, 0.05) is 5.56 Å². The zero-order valence-electron chi connectivity index (χ0n) is 15.3. The minimum atomic E-state index is -0.456. The number of hydrazone groups is 1. The van der Waals surface area contributed by atoms with Crippen molar-refractivity contribution in [2.45, 2.75) is 0 Å². The summed E-state index contributed by atoms with van der Waals surface area (Å²) < 4.78 is 15.4. The third kappa shape index (κ3) is 5.74. The van der Waals surface area contributed by atoms with E-state index in [1.165, 1.54) is 26.5 Å². The molecule has 8 heteroatoms. The molecule has 0 unspecified atom stereocenters. The molecule has 142 valence electrons. The highest BCUT2D eigenvalue weighted by Gasteiger charge is 2.11. The summed E-state index contributed by atoms with van der Waals surface area (Å²) in [5.74, 6) is 0.759. The van der Waals surface area contributed by atoms with Crippen molar-refractivity contribution in [3.05, 3.63) is 53.6 Å². The molecule has 0 fully saturated rings. The van der Waals surface area contributed by atoms with Gasteiger partial charge in [-0.25, -0.2) is 5.43 Å². The van der Waals surface area contributed by atoms with Gasteiger partial charge in [-0.3, -0.25) is 9.59 Å². The number of nitrogens with one attached hydrogen (secondary N) is 2. The Bertz CT molecular complexity index is 836. The number of ether oxygens (including phenoxy) is 3. The van der Waals surface area contributed by atoms with Crippen molar-refractivity contribution in [3.63, 3.8) is 0 Å². The van der Waals surface area contributed by atoms with E-state index >= 15 is 0 Å². The smallest absolute Gasteiger partial charge is 0.259 e. The van der Waals surface area contributed by atoms with Crippen molar-refractivity contribution in [1.82, 2.24) is 10.7 Å². The maximum Gasteiger partial charge on any atom is 0.259 e. The van der Waals surface area contributed by atoms with Crippen molar-refractivity contribution in [3.8, 4) is 17.2 Å². The number of carbonyl (C=O) groups excluding carboxylic acids is 2. The predicted octanol–water partition coefficient (Wildman–Crippen LogP) is 1.59.